The summed E-state index contributed by atoms with van der Waals surface area (Å²) in [6.07, 6.45) is 9.47. The van der Waals surface area contributed by atoms with Crippen LogP contribution < -0.4 is 5.32 Å². The maximum absolute atomic E-state index is 11.8. The Morgan fingerprint density at radius 3 is 2.85 bits per heavy atom. The van der Waals surface area contributed by atoms with Crippen molar-refractivity contribution in [2.75, 3.05) is 14.1 Å². The minimum atomic E-state index is 0.171. The molecular weight excluding hydrogens is 248 g/mol. The molecule has 2 aliphatic rings. The van der Waals surface area contributed by atoms with Gasteiger partial charge in [-0.2, -0.15) is 0 Å². The molecule has 2 fully saturated rings. The van der Waals surface area contributed by atoms with Gasteiger partial charge in [-0.05, 0) is 65.0 Å². The van der Waals surface area contributed by atoms with Crippen LogP contribution in [0.1, 0.15) is 45.4 Å². The summed E-state index contributed by atoms with van der Waals surface area (Å²) in [6.45, 7) is 5.65. The topological polar surface area (TPSA) is 32.3 Å². The molecule has 20 heavy (non-hydrogen) atoms. The predicted molar refractivity (Wildman–Crippen MR) is 83.7 cm³/mol. The normalized spacial score (nSPS) is 35.5. The fourth-order valence-electron chi connectivity index (χ4n) is 4.49. The van der Waals surface area contributed by atoms with Gasteiger partial charge in [-0.15, -0.1) is 6.58 Å². The van der Waals surface area contributed by atoms with Gasteiger partial charge < -0.3 is 5.32 Å². The van der Waals surface area contributed by atoms with E-state index in [1.807, 2.05) is 13.1 Å². The summed E-state index contributed by atoms with van der Waals surface area (Å²) >= 11 is 0. The van der Waals surface area contributed by atoms with Crippen LogP contribution >= 0.6 is 0 Å². The molecular formula is C17H30N2O. The fraction of sp³-hybridized carbons (Fsp3) is 0.824. The highest BCUT2D eigenvalue weighted by Gasteiger charge is 2.45. The summed E-state index contributed by atoms with van der Waals surface area (Å²) in [6, 6.07) is 1.22. The number of Topliss-reactive ketones (excluding diaryl/α,β-unsaturated/α-hetero) is 1. The maximum atomic E-state index is 11.8. The molecule has 3 heteroatoms. The number of hydrogen-bond acceptors (Lipinski definition) is 3. The molecule has 3 nitrogen and oxygen atoms in total. The number of nitrogens with zero attached hydrogens (tertiary/aromatic N) is 1. The smallest absolute Gasteiger partial charge is 0.146 e. The Morgan fingerprint density at radius 1 is 1.50 bits per heavy atom. The molecule has 1 aliphatic heterocycles. The van der Waals surface area contributed by atoms with Crippen LogP contribution in [0, 0.1) is 11.8 Å². The second-order valence-electron chi connectivity index (χ2n) is 6.68. The van der Waals surface area contributed by atoms with Gasteiger partial charge in [-0.1, -0.05) is 12.5 Å². The molecule has 1 N–H and O–H groups in total. The van der Waals surface area contributed by atoms with Crippen molar-refractivity contribution in [3.63, 3.8) is 0 Å². The number of likely N-dealkylation sites (N-methyl/N-ethyl adjacent to an activating group) is 2. The number of ketones is 1. The number of rotatable bonds is 6. The lowest BCUT2D eigenvalue weighted by Gasteiger charge is -2.38. The van der Waals surface area contributed by atoms with Crippen LogP contribution in [-0.2, 0) is 4.79 Å². The second-order valence-corrected chi connectivity index (χ2v) is 6.68. The molecule has 0 bridgehead atoms. The first-order valence-corrected chi connectivity index (χ1v) is 8.10. The lowest BCUT2D eigenvalue weighted by atomic mass is 9.75. The molecule has 0 amide bonds. The number of carbonyl (C=O) groups is 1. The van der Waals surface area contributed by atoms with Crippen LogP contribution in [0.4, 0.5) is 0 Å². The highest BCUT2D eigenvalue weighted by Crippen LogP contribution is 2.43. The van der Waals surface area contributed by atoms with E-state index in [9.17, 15) is 4.79 Å². The molecule has 5 atom stereocenters. The number of fused-ring (bicyclic) bond motifs is 1. The minimum Gasteiger partial charge on any atom is -0.314 e. The lowest BCUT2D eigenvalue weighted by molar-refractivity contribution is -0.121. The van der Waals surface area contributed by atoms with Crippen molar-refractivity contribution in [2.45, 2.75) is 63.6 Å². The lowest BCUT2D eigenvalue weighted by Crippen LogP contribution is -2.43. The number of carbonyl (C=O) groups excluding carboxylic acids is 1. The molecule has 1 heterocycles. The number of hydrogen-bond donors (Lipinski definition) is 1. The molecule has 1 saturated carbocycles. The van der Waals surface area contributed by atoms with Crippen LogP contribution in [0.2, 0.25) is 0 Å². The van der Waals surface area contributed by atoms with Gasteiger partial charge in [-0.3, -0.25) is 9.69 Å². The van der Waals surface area contributed by atoms with Crippen molar-refractivity contribution in [3.05, 3.63) is 12.7 Å². The van der Waals surface area contributed by atoms with Gasteiger partial charge in [0, 0.05) is 12.1 Å². The van der Waals surface area contributed by atoms with Gasteiger partial charge in [0.25, 0.3) is 0 Å². The molecule has 0 spiro atoms. The average Bonchev–Trinajstić information content (AvgIpc) is 2.78. The first-order chi connectivity index (χ1) is 9.58. The summed E-state index contributed by atoms with van der Waals surface area (Å²) in [5.41, 5.74) is 0. The van der Waals surface area contributed by atoms with E-state index < -0.39 is 0 Å². The summed E-state index contributed by atoms with van der Waals surface area (Å²) in [5.74, 6) is 1.84. The van der Waals surface area contributed by atoms with E-state index in [0.717, 1.165) is 24.7 Å². The predicted octanol–water partition coefficient (Wildman–Crippen LogP) is 2.62. The molecule has 0 aromatic heterocycles. The highest BCUT2D eigenvalue weighted by atomic mass is 16.1. The summed E-state index contributed by atoms with van der Waals surface area (Å²) in [5, 5.41) is 3.30. The van der Waals surface area contributed by atoms with Crippen LogP contribution in [0.3, 0.4) is 0 Å². The number of nitrogens with one attached hydrogen (secondary N) is 1. The zero-order valence-corrected chi connectivity index (χ0v) is 13.3. The van der Waals surface area contributed by atoms with Crippen molar-refractivity contribution in [1.29, 1.82) is 0 Å². The Hall–Kier alpha value is -0.670. The third kappa shape index (κ3) is 3.15. The van der Waals surface area contributed by atoms with Crippen molar-refractivity contribution in [2.24, 2.45) is 11.8 Å². The van der Waals surface area contributed by atoms with Gasteiger partial charge >= 0.3 is 0 Å². The zero-order valence-electron chi connectivity index (χ0n) is 13.3. The SMILES string of the molecule is C=CC(CCC1CCCC2CC(C(C)=O)N(C)C12)NC. The largest absolute Gasteiger partial charge is 0.314 e. The van der Waals surface area contributed by atoms with Gasteiger partial charge in [0.1, 0.15) is 5.78 Å². The first-order valence-electron chi connectivity index (χ1n) is 8.10. The molecule has 1 saturated heterocycles. The van der Waals surface area contributed by atoms with Crippen LogP contribution in [0.25, 0.3) is 0 Å². The minimum absolute atomic E-state index is 0.171. The second kappa shape index (κ2) is 6.86. The van der Waals surface area contributed by atoms with Gasteiger partial charge in [0.15, 0.2) is 0 Å². The molecule has 0 aromatic carbocycles. The van der Waals surface area contributed by atoms with E-state index in [-0.39, 0.29) is 6.04 Å². The van der Waals surface area contributed by atoms with E-state index in [1.54, 1.807) is 6.92 Å². The Labute approximate surface area is 123 Å². The van der Waals surface area contributed by atoms with E-state index in [4.69, 9.17) is 0 Å². The number of likely N-dealkylation sites (tertiary alicyclic amines) is 1. The van der Waals surface area contributed by atoms with Crippen LogP contribution in [0.15, 0.2) is 12.7 Å². The fourth-order valence-corrected chi connectivity index (χ4v) is 4.49. The summed E-state index contributed by atoms with van der Waals surface area (Å²) in [7, 11) is 4.17. The monoisotopic (exact) mass is 278 g/mol. The Kier molecular flexibility index (Phi) is 5.39. The Morgan fingerprint density at radius 2 is 2.25 bits per heavy atom. The van der Waals surface area contributed by atoms with Crippen LogP contribution in [0.5, 0.6) is 0 Å². The molecule has 1 aliphatic carbocycles. The van der Waals surface area contributed by atoms with Crippen molar-refractivity contribution < 1.29 is 4.79 Å². The summed E-state index contributed by atoms with van der Waals surface area (Å²) < 4.78 is 0. The first kappa shape index (κ1) is 15.7. The third-order valence-electron chi connectivity index (χ3n) is 5.58. The van der Waals surface area contributed by atoms with Crippen molar-refractivity contribution in [1.82, 2.24) is 10.2 Å². The van der Waals surface area contributed by atoms with Gasteiger partial charge in [0.05, 0.1) is 6.04 Å². The third-order valence-corrected chi connectivity index (χ3v) is 5.58. The maximum Gasteiger partial charge on any atom is 0.146 e. The summed E-state index contributed by atoms with van der Waals surface area (Å²) in [4.78, 5) is 14.2. The average molecular weight is 278 g/mol. The van der Waals surface area contributed by atoms with E-state index in [0.29, 0.717) is 17.9 Å². The molecule has 2 rings (SSSR count). The molecule has 0 radical (unpaired) electrons. The Balaban J connectivity index is 1.99. The van der Waals surface area contributed by atoms with Crippen LogP contribution in [-0.4, -0.2) is 42.9 Å². The van der Waals surface area contributed by atoms with E-state index in [2.05, 4.69) is 23.8 Å². The molecule has 0 aromatic rings. The van der Waals surface area contributed by atoms with Crippen molar-refractivity contribution >= 4 is 5.78 Å². The van der Waals surface area contributed by atoms with E-state index >= 15 is 0 Å². The van der Waals surface area contributed by atoms with Gasteiger partial charge in [0.2, 0.25) is 0 Å². The van der Waals surface area contributed by atoms with E-state index in [1.165, 1.54) is 25.7 Å². The molecule has 5 unspecified atom stereocenters. The zero-order chi connectivity index (χ0) is 14.7. The standard InChI is InChI=1S/C17H30N2O/c1-5-15(18-3)10-9-13-7-6-8-14-11-16(12(2)20)19(4)17(13)14/h5,13-18H,1,6-11H2,2-4H3. The molecule has 114 valence electrons. The quantitative estimate of drug-likeness (QED) is 0.758. The Bertz CT molecular complexity index is 355. The van der Waals surface area contributed by atoms with Crippen molar-refractivity contribution in [3.8, 4) is 0 Å². The highest BCUT2D eigenvalue weighted by molar-refractivity contribution is 5.81. The van der Waals surface area contributed by atoms with Gasteiger partial charge in [-0.25, -0.2) is 0 Å².